The number of benzene rings is 1. The molecule has 126 valence electrons. The maximum absolute atomic E-state index is 12.5. The van der Waals surface area contributed by atoms with Gasteiger partial charge < -0.3 is 10.6 Å². The van der Waals surface area contributed by atoms with Crippen molar-refractivity contribution in [3.8, 4) is 0 Å². The Balaban J connectivity index is 2.24. The zero-order chi connectivity index (χ0) is 17.7. The Morgan fingerprint density at radius 2 is 1.75 bits per heavy atom. The van der Waals surface area contributed by atoms with Crippen LogP contribution in [0, 0.1) is 6.92 Å². The molecule has 4 nitrogen and oxygen atoms in total. The second-order valence-electron chi connectivity index (χ2n) is 6.60. The number of carbonyl (C=O) groups excluding carboxylic acids is 2. The molecular weight excluding hydrogens is 320 g/mol. The molecule has 0 saturated heterocycles. The topological polar surface area (TPSA) is 58.2 Å². The van der Waals surface area contributed by atoms with Crippen molar-refractivity contribution >= 4 is 29.2 Å². The molecule has 0 fully saturated rings. The first-order valence-electron chi connectivity index (χ1n) is 7.70. The van der Waals surface area contributed by atoms with E-state index in [4.69, 9.17) is 0 Å². The van der Waals surface area contributed by atoms with Crippen LogP contribution in [0.1, 0.15) is 41.6 Å². The average molecular weight is 342 g/mol. The van der Waals surface area contributed by atoms with E-state index in [0.29, 0.717) is 5.56 Å². The van der Waals surface area contributed by atoms with Crippen LogP contribution in [0.25, 0.3) is 6.08 Å². The fourth-order valence-electron chi connectivity index (χ4n) is 1.98. The Kier molecular flexibility index (Phi) is 5.57. The SMILES string of the molecule is Cc1ccc(C(=O)NC(=Cc2cccs2)C(=O)NC(C)(C)C)cc1. The number of thiophene rings is 1. The fourth-order valence-corrected chi connectivity index (χ4v) is 2.64. The minimum absolute atomic E-state index is 0.234. The van der Waals surface area contributed by atoms with Gasteiger partial charge in [0.1, 0.15) is 5.70 Å². The molecule has 1 aromatic heterocycles. The summed E-state index contributed by atoms with van der Waals surface area (Å²) >= 11 is 1.50. The lowest BCUT2D eigenvalue weighted by Crippen LogP contribution is -2.44. The number of carbonyl (C=O) groups is 2. The Morgan fingerprint density at radius 3 is 2.29 bits per heavy atom. The van der Waals surface area contributed by atoms with Gasteiger partial charge in [-0.15, -0.1) is 11.3 Å². The molecule has 0 atom stereocenters. The smallest absolute Gasteiger partial charge is 0.268 e. The highest BCUT2D eigenvalue weighted by Gasteiger charge is 2.19. The first-order valence-corrected chi connectivity index (χ1v) is 8.58. The van der Waals surface area contributed by atoms with Crippen molar-refractivity contribution in [1.82, 2.24) is 10.6 Å². The third-order valence-electron chi connectivity index (χ3n) is 3.12. The zero-order valence-electron chi connectivity index (χ0n) is 14.3. The summed E-state index contributed by atoms with van der Waals surface area (Å²) in [5.74, 6) is -0.613. The number of rotatable bonds is 4. The van der Waals surface area contributed by atoms with Crippen molar-refractivity contribution in [2.75, 3.05) is 0 Å². The van der Waals surface area contributed by atoms with Gasteiger partial charge >= 0.3 is 0 Å². The summed E-state index contributed by atoms with van der Waals surface area (Å²) < 4.78 is 0. The number of amides is 2. The quantitative estimate of drug-likeness (QED) is 0.832. The first kappa shape index (κ1) is 17.9. The van der Waals surface area contributed by atoms with Crippen molar-refractivity contribution in [3.05, 3.63) is 63.5 Å². The number of hydrogen-bond donors (Lipinski definition) is 2. The van der Waals surface area contributed by atoms with Crippen LogP contribution < -0.4 is 10.6 Å². The summed E-state index contributed by atoms with van der Waals surface area (Å²) in [5, 5.41) is 7.53. The molecule has 2 aromatic rings. The van der Waals surface area contributed by atoms with Crippen LogP contribution >= 0.6 is 11.3 Å². The van der Waals surface area contributed by atoms with Gasteiger partial charge in [0.25, 0.3) is 11.8 Å². The maximum atomic E-state index is 12.5. The second kappa shape index (κ2) is 7.45. The van der Waals surface area contributed by atoms with Crippen molar-refractivity contribution < 1.29 is 9.59 Å². The van der Waals surface area contributed by atoms with E-state index in [1.54, 1.807) is 18.2 Å². The van der Waals surface area contributed by atoms with Crippen molar-refractivity contribution in [2.45, 2.75) is 33.2 Å². The minimum atomic E-state index is -0.389. The third kappa shape index (κ3) is 5.35. The molecule has 0 bridgehead atoms. The van der Waals surface area contributed by atoms with Crippen molar-refractivity contribution in [2.24, 2.45) is 0 Å². The molecule has 5 heteroatoms. The molecule has 0 aliphatic heterocycles. The van der Waals surface area contributed by atoms with Crippen LogP contribution in [0.3, 0.4) is 0 Å². The highest BCUT2D eigenvalue weighted by atomic mass is 32.1. The highest BCUT2D eigenvalue weighted by Crippen LogP contribution is 2.14. The summed E-state index contributed by atoms with van der Waals surface area (Å²) in [6.07, 6.45) is 1.69. The normalized spacial score (nSPS) is 11.9. The van der Waals surface area contributed by atoms with E-state index < -0.39 is 0 Å². The standard InChI is InChI=1S/C19H22N2O2S/c1-13-7-9-14(10-8-13)17(22)20-16(12-15-6-5-11-24-15)18(23)21-19(2,3)4/h5-12H,1-4H3,(H,20,22)(H,21,23). The Morgan fingerprint density at radius 1 is 1.08 bits per heavy atom. The van der Waals surface area contributed by atoms with Crippen molar-refractivity contribution in [3.63, 3.8) is 0 Å². The van der Waals surface area contributed by atoms with Crippen LogP contribution in [0.4, 0.5) is 0 Å². The molecule has 2 amide bonds. The summed E-state index contributed by atoms with van der Waals surface area (Å²) in [4.78, 5) is 25.9. The second-order valence-corrected chi connectivity index (χ2v) is 7.58. The molecule has 24 heavy (non-hydrogen) atoms. The van der Waals surface area contributed by atoms with Gasteiger partial charge in [-0.2, -0.15) is 0 Å². The molecule has 0 saturated carbocycles. The van der Waals surface area contributed by atoms with E-state index in [1.807, 2.05) is 57.3 Å². The molecule has 1 heterocycles. The predicted octanol–water partition coefficient (Wildman–Crippen LogP) is 3.74. The monoisotopic (exact) mass is 342 g/mol. The van der Waals surface area contributed by atoms with E-state index in [-0.39, 0.29) is 23.1 Å². The summed E-state index contributed by atoms with van der Waals surface area (Å²) in [6, 6.07) is 11.0. The molecule has 1 aromatic carbocycles. The molecule has 0 radical (unpaired) electrons. The van der Waals surface area contributed by atoms with Crippen LogP contribution in [0.15, 0.2) is 47.5 Å². The Labute approximate surface area is 146 Å². The van der Waals surface area contributed by atoms with Gasteiger partial charge in [-0.3, -0.25) is 9.59 Å². The molecular formula is C19H22N2O2S. The van der Waals surface area contributed by atoms with Gasteiger partial charge in [-0.25, -0.2) is 0 Å². The van der Waals surface area contributed by atoms with Crippen LogP contribution in [0.2, 0.25) is 0 Å². The van der Waals surface area contributed by atoms with Gasteiger partial charge in [-0.1, -0.05) is 23.8 Å². The average Bonchev–Trinajstić information content (AvgIpc) is 2.98. The van der Waals surface area contributed by atoms with Crippen LogP contribution in [-0.4, -0.2) is 17.4 Å². The summed E-state index contributed by atoms with van der Waals surface area (Å²) in [7, 11) is 0. The predicted molar refractivity (Wildman–Crippen MR) is 98.8 cm³/mol. The van der Waals surface area contributed by atoms with E-state index in [0.717, 1.165) is 10.4 Å². The Hall–Kier alpha value is -2.40. The molecule has 2 N–H and O–H groups in total. The lowest BCUT2D eigenvalue weighted by atomic mass is 10.1. The van der Waals surface area contributed by atoms with E-state index in [1.165, 1.54) is 11.3 Å². The summed E-state index contributed by atoms with van der Waals surface area (Å²) in [5.41, 5.74) is 1.44. The minimum Gasteiger partial charge on any atom is -0.346 e. The van der Waals surface area contributed by atoms with E-state index in [2.05, 4.69) is 10.6 Å². The van der Waals surface area contributed by atoms with Gasteiger partial charge in [0, 0.05) is 16.0 Å². The third-order valence-corrected chi connectivity index (χ3v) is 3.94. The van der Waals surface area contributed by atoms with Crippen LogP contribution in [0.5, 0.6) is 0 Å². The fraction of sp³-hybridized carbons (Fsp3) is 0.263. The van der Waals surface area contributed by atoms with Gasteiger partial charge in [0.05, 0.1) is 0 Å². The number of nitrogens with one attached hydrogen (secondary N) is 2. The molecule has 0 unspecified atom stereocenters. The van der Waals surface area contributed by atoms with E-state index in [9.17, 15) is 9.59 Å². The number of hydrogen-bond acceptors (Lipinski definition) is 3. The van der Waals surface area contributed by atoms with Gasteiger partial charge in [-0.05, 0) is 57.4 Å². The Bertz CT molecular complexity index is 739. The van der Waals surface area contributed by atoms with Gasteiger partial charge in [0.15, 0.2) is 0 Å². The molecule has 0 spiro atoms. The molecule has 0 aliphatic rings. The lowest BCUT2D eigenvalue weighted by Gasteiger charge is -2.21. The largest absolute Gasteiger partial charge is 0.346 e. The van der Waals surface area contributed by atoms with Crippen molar-refractivity contribution in [1.29, 1.82) is 0 Å². The zero-order valence-corrected chi connectivity index (χ0v) is 15.2. The first-order chi connectivity index (χ1) is 11.2. The number of aryl methyl sites for hydroxylation is 1. The maximum Gasteiger partial charge on any atom is 0.268 e. The molecule has 2 rings (SSSR count). The molecule has 0 aliphatic carbocycles. The lowest BCUT2D eigenvalue weighted by molar-refractivity contribution is -0.119. The summed E-state index contributed by atoms with van der Waals surface area (Å²) in [6.45, 7) is 7.65. The highest BCUT2D eigenvalue weighted by molar-refractivity contribution is 7.10. The van der Waals surface area contributed by atoms with E-state index >= 15 is 0 Å². The van der Waals surface area contributed by atoms with Gasteiger partial charge in [0.2, 0.25) is 0 Å². The van der Waals surface area contributed by atoms with Crippen LogP contribution in [-0.2, 0) is 4.79 Å².